The summed E-state index contributed by atoms with van der Waals surface area (Å²) in [4.78, 5) is 15.7. The molecule has 0 saturated heterocycles. The van der Waals surface area contributed by atoms with E-state index in [1.165, 1.54) is 12.7 Å². The van der Waals surface area contributed by atoms with E-state index in [0.717, 1.165) is 29.8 Å². The second-order valence-corrected chi connectivity index (χ2v) is 5.59. The molecule has 0 amide bonds. The van der Waals surface area contributed by atoms with Crippen molar-refractivity contribution in [1.29, 1.82) is 0 Å². The number of rotatable bonds is 8. The van der Waals surface area contributed by atoms with Gasteiger partial charge >= 0.3 is 5.97 Å². The highest BCUT2D eigenvalue weighted by atomic mass is 16.5. The average molecular weight is 328 g/mol. The minimum atomic E-state index is -0.640. The minimum absolute atomic E-state index is 0.406. The van der Waals surface area contributed by atoms with Crippen LogP contribution in [0.3, 0.4) is 0 Å². The molecular weight excluding hydrogens is 304 g/mol. The largest absolute Gasteiger partial charge is 0.493 e. The molecule has 0 aliphatic rings. The molecule has 5 nitrogen and oxygen atoms in total. The highest BCUT2D eigenvalue weighted by Crippen LogP contribution is 2.14. The number of methoxy groups -OCH3 is 1. The van der Waals surface area contributed by atoms with Crippen molar-refractivity contribution in [3.63, 3.8) is 0 Å². The topological polar surface area (TPSA) is 74.4 Å². The van der Waals surface area contributed by atoms with Crippen LogP contribution in [-0.2, 0) is 28.8 Å². The Labute approximate surface area is 142 Å². The highest BCUT2D eigenvalue weighted by Gasteiger charge is 2.13. The van der Waals surface area contributed by atoms with Crippen molar-refractivity contribution in [2.24, 2.45) is 5.73 Å². The Bertz CT molecular complexity index is 639. The fourth-order valence-electron chi connectivity index (χ4n) is 2.30. The zero-order valence-electron chi connectivity index (χ0n) is 14.2. The van der Waals surface area contributed by atoms with Gasteiger partial charge in [-0.15, -0.1) is 0 Å². The predicted molar refractivity (Wildman–Crippen MR) is 93.0 cm³/mol. The molecule has 0 saturated carbocycles. The minimum Gasteiger partial charge on any atom is -0.493 e. The maximum Gasteiger partial charge on any atom is 0.322 e. The quantitative estimate of drug-likeness (QED) is 0.753. The average Bonchev–Trinajstić information content (AvgIpc) is 2.63. The second-order valence-electron chi connectivity index (χ2n) is 5.59. The summed E-state index contributed by atoms with van der Waals surface area (Å²) in [5.74, 6) is 0.382. The van der Waals surface area contributed by atoms with Gasteiger partial charge in [0.05, 0.1) is 13.7 Å². The summed E-state index contributed by atoms with van der Waals surface area (Å²) in [5.41, 5.74) is 8.98. The van der Waals surface area contributed by atoms with Crippen LogP contribution in [0.1, 0.15) is 23.7 Å². The van der Waals surface area contributed by atoms with E-state index in [9.17, 15) is 4.79 Å². The number of nitrogens with two attached hydrogens (primary N) is 1. The Morgan fingerprint density at radius 1 is 1.17 bits per heavy atom. The van der Waals surface area contributed by atoms with Gasteiger partial charge < -0.3 is 15.2 Å². The number of hydrogen-bond acceptors (Lipinski definition) is 5. The number of aryl methyl sites for hydroxylation is 1. The molecule has 5 heteroatoms. The molecule has 2 rings (SSSR count). The van der Waals surface area contributed by atoms with Gasteiger partial charge in [-0.2, -0.15) is 0 Å². The van der Waals surface area contributed by atoms with Crippen molar-refractivity contribution in [2.75, 3.05) is 13.7 Å². The Kier molecular flexibility index (Phi) is 6.75. The molecule has 1 heterocycles. The first kappa shape index (κ1) is 17.9. The molecule has 2 aromatic rings. The fourth-order valence-corrected chi connectivity index (χ4v) is 2.30. The monoisotopic (exact) mass is 328 g/mol. The van der Waals surface area contributed by atoms with E-state index in [2.05, 4.69) is 22.7 Å². The first-order valence-corrected chi connectivity index (χ1v) is 8.11. The van der Waals surface area contributed by atoms with Crippen LogP contribution in [0.2, 0.25) is 0 Å². The van der Waals surface area contributed by atoms with Crippen LogP contribution < -0.4 is 10.5 Å². The van der Waals surface area contributed by atoms with Crippen molar-refractivity contribution in [3.8, 4) is 5.75 Å². The summed E-state index contributed by atoms with van der Waals surface area (Å²) in [6.07, 6.45) is 4.12. The Hall–Kier alpha value is -2.40. The van der Waals surface area contributed by atoms with E-state index in [1.54, 1.807) is 0 Å². The lowest BCUT2D eigenvalue weighted by atomic mass is 10.1. The van der Waals surface area contributed by atoms with Gasteiger partial charge in [0.2, 0.25) is 0 Å². The van der Waals surface area contributed by atoms with Crippen molar-refractivity contribution in [3.05, 3.63) is 59.4 Å². The van der Waals surface area contributed by atoms with E-state index >= 15 is 0 Å². The smallest absolute Gasteiger partial charge is 0.322 e. The van der Waals surface area contributed by atoms with Gasteiger partial charge in [-0.1, -0.05) is 25.1 Å². The van der Waals surface area contributed by atoms with Crippen LogP contribution in [0, 0.1) is 0 Å². The molecule has 1 unspecified atom stereocenters. The predicted octanol–water partition coefficient (Wildman–Crippen LogP) is 2.31. The molecule has 0 radical (unpaired) electrons. The van der Waals surface area contributed by atoms with Gasteiger partial charge in [0, 0.05) is 18.3 Å². The van der Waals surface area contributed by atoms with Crippen molar-refractivity contribution >= 4 is 5.97 Å². The molecule has 0 fully saturated rings. The van der Waals surface area contributed by atoms with Crippen LogP contribution in [0.15, 0.2) is 42.6 Å². The first-order chi connectivity index (χ1) is 11.6. The molecule has 0 aliphatic heterocycles. The highest BCUT2D eigenvalue weighted by molar-refractivity contribution is 5.75. The molecule has 1 atom stereocenters. The summed E-state index contributed by atoms with van der Waals surface area (Å²) in [7, 11) is 1.34. The normalized spacial score (nSPS) is 11.8. The van der Waals surface area contributed by atoms with E-state index in [4.69, 9.17) is 10.5 Å². The number of esters is 1. The lowest BCUT2D eigenvalue weighted by Crippen LogP contribution is -2.33. The third-order valence-corrected chi connectivity index (χ3v) is 3.80. The number of nitrogens with zero attached hydrogens (tertiary/aromatic N) is 1. The van der Waals surface area contributed by atoms with Gasteiger partial charge in [0.25, 0.3) is 0 Å². The SMILES string of the molecule is CCc1ccc(CCOc2ccc(CC(N)C(=O)OC)cc2)nc1. The van der Waals surface area contributed by atoms with Gasteiger partial charge in [-0.25, -0.2) is 0 Å². The summed E-state index contributed by atoms with van der Waals surface area (Å²) >= 11 is 0. The van der Waals surface area contributed by atoms with E-state index in [-0.39, 0.29) is 0 Å². The zero-order valence-corrected chi connectivity index (χ0v) is 14.2. The van der Waals surface area contributed by atoms with Gasteiger partial charge in [-0.3, -0.25) is 9.78 Å². The molecule has 0 bridgehead atoms. The Morgan fingerprint density at radius 2 is 1.88 bits per heavy atom. The van der Waals surface area contributed by atoms with Crippen LogP contribution in [-0.4, -0.2) is 30.7 Å². The third kappa shape index (κ3) is 5.35. The molecule has 1 aromatic heterocycles. The number of aromatic nitrogens is 1. The number of ether oxygens (including phenoxy) is 2. The van der Waals surface area contributed by atoms with Crippen LogP contribution in [0.4, 0.5) is 0 Å². The van der Waals surface area contributed by atoms with Crippen LogP contribution in [0.5, 0.6) is 5.75 Å². The maximum atomic E-state index is 11.3. The molecule has 2 N–H and O–H groups in total. The van der Waals surface area contributed by atoms with E-state index < -0.39 is 12.0 Å². The Balaban J connectivity index is 1.79. The number of pyridine rings is 1. The number of carbonyl (C=O) groups excluding carboxylic acids is 1. The van der Waals surface area contributed by atoms with Crippen LogP contribution in [0.25, 0.3) is 0 Å². The van der Waals surface area contributed by atoms with Crippen molar-refractivity contribution in [1.82, 2.24) is 4.98 Å². The summed E-state index contributed by atoms with van der Waals surface area (Å²) in [6, 6.07) is 11.1. The molecular formula is C19H24N2O3. The van der Waals surface area contributed by atoms with Crippen molar-refractivity contribution < 1.29 is 14.3 Å². The fraction of sp³-hybridized carbons (Fsp3) is 0.368. The van der Waals surface area contributed by atoms with Gasteiger partial charge in [0.15, 0.2) is 0 Å². The summed E-state index contributed by atoms with van der Waals surface area (Å²) < 4.78 is 10.4. The molecule has 0 spiro atoms. The zero-order chi connectivity index (χ0) is 17.4. The lowest BCUT2D eigenvalue weighted by Gasteiger charge is -2.10. The number of benzene rings is 1. The Morgan fingerprint density at radius 3 is 2.46 bits per heavy atom. The summed E-state index contributed by atoms with van der Waals surface area (Å²) in [5, 5.41) is 0. The molecule has 0 aliphatic carbocycles. The van der Waals surface area contributed by atoms with E-state index in [1.807, 2.05) is 36.5 Å². The number of carbonyl (C=O) groups is 1. The van der Waals surface area contributed by atoms with Crippen molar-refractivity contribution in [2.45, 2.75) is 32.2 Å². The standard InChI is InChI=1S/C19H24N2O3/c1-3-14-4-7-16(21-13-14)10-11-24-17-8-5-15(6-9-17)12-18(20)19(22)23-2/h4-9,13,18H,3,10-12,20H2,1-2H3. The maximum absolute atomic E-state index is 11.3. The van der Waals surface area contributed by atoms with E-state index in [0.29, 0.717) is 13.0 Å². The van der Waals surface area contributed by atoms with Crippen LogP contribution >= 0.6 is 0 Å². The summed E-state index contributed by atoms with van der Waals surface area (Å²) in [6.45, 7) is 2.68. The number of hydrogen-bond donors (Lipinski definition) is 1. The molecule has 128 valence electrons. The third-order valence-electron chi connectivity index (χ3n) is 3.80. The van der Waals surface area contributed by atoms with Gasteiger partial charge in [-0.05, 0) is 42.2 Å². The lowest BCUT2D eigenvalue weighted by molar-refractivity contribution is -0.142. The van der Waals surface area contributed by atoms with Gasteiger partial charge in [0.1, 0.15) is 11.8 Å². The second kappa shape index (κ2) is 9.03. The molecule has 1 aromatic carbocycles. The first-order valence-electron chi connectivity index (χ1n) is 8.11. The molecule has 24 heavy (non-hydrogen) atoms.